The molecule has 0 saturated carbocycles. The van der Waals surface area contributed by atoms with E-state index in [0.717, 1.165) is 0 Å². The van der Waals surface area contributed by atoms with E-state index in [1.165, 1.54) is 0 Å². The van der Waals surface area contributed by atoms with E-state index < -0.39 is 0 Å². The van der Waals surface area contributed by atoms with Crippen molar-refractivity contribution in [2.45, 2.75) is 33.2 Å². The molecule has 4 nitrogen and oxygen atoms in total. The van der Waals surface area contributed by atoms with Gasteiger partial charge in [0.2, 0.25) is 0 Å². The largest absolute Gasteiger partial charge is 0.393 e. The highest BCUT2D eigenvalue weighted by Gasteiger charge is 2.14. The normalized spacial score (nSPS) is 13.1. The Labute approximate surface area is 90.6 Å². The van der Waals surface area contributed by atoms with Crippen LogP contribution < -0.4 is 16.4 Å². The van der Waals surface area contributed by atoms with Crippen molar-refractivity contribution in [2.75, 3.05) is 6.54 Å². The average molecular weight is 217 g/mol. The van der Waals surface area contributed by atoms with Crippen molar-refractivity contribution < 1.29 is 4.79 Å². The van der Waals surface area contributed by atoms with Crippen LogP contribution in [0.25, 0.3) is 0 Å². The number of urea groups is 1. The van der Waals surface area contributed by atoms with Gasteiger partial charge in [0.05, 0.1) is 4.99 Å². The number of nitrogens with two attached hydrogens (primary N) is 1. The van der Waals surface area contributed by atoms with E-state index in [0.29, 0.717) is 11.5 Å². The van der Waals surface area contributed by atoms with Crippen molar-refractivity contribution in [1.29, 1.82) is 0 Å². The Hall–Kier alpha value is -0.840. The highest BCUT2D eigenvalue weighted by Crippen LogP contribution is 1.98. The number of amides is 2. The molecule has 0 aliphatic rings. The third kappa shape index (κ3) is 6.65. The van der Waals surface area contributed by atoms with Gasteiger partial charge in [0, 0.05) is 18.0 Å². The van der Waals surface area contributed by atoms with Crippen LogP contribution in [0.15, 0.2) is 0 Å². The SMILES string of the molecule is CC(CNC(=O)NC(C)(C)C)C(N)=S. The van der Waals surface area contributed by atoms with Gasteiger partial charge >= 0.3 is 6.03 Å². The van der Waals surface area contributed by atoms with Crippen LogP contribution in [0.3, 0.4) is 0 Å². The Bertz CT molecular complexity index is 223. The first-order chi connectivity index (χ1) is 6.22. The average Bonchev–Trinajstić information content (AvgIpc) is 1.96. The summed E-state index contributed by atoms with van der Waals surface area (Å²) < 4.78 is 0. The lowest BCUT2D eigenvalue weighted by Gasteiger charge is -2.21. The van der Waals surface area contributed by atoms with E-state index in [1.807, 2.05) is 27.7 Å². The van der Waals surface area contributed by atoms with Crippen LogP contribution in [-0.2, 0) is 0 Å². The molecule has 0 aliphatic heterocycles. The fraction of sp³-hybridized carbons (Fsp3) is 0.778. The lowest BCUT2D eigenvalue weighted by molar-refractivity contribution is 0.231. The van der Waals surface area contributed by atoms with Gasteiger partial charge in [0.15, 0.2) is 0 Å². The van der Waals surface area contributed by atoms with Gasteiger partial charge in [-0.05, 0) is 20.8 Å². The number of nitrogens with one attached hydrogen (secondary N) is 2. The minimum absolute atomic E-state index is 0.0238. The van der Waals surface area contributed by atoms with Crippen molar-refractivity contribution >= 4 is 23.2 Å². The van der Waals surface area contributed by atoms with Crippen molar-refractivity contribution in [3.05, 3.63) is 0 Å². The summed E-state index contributed by atoms with van der Waals surface area (Å²) in [6, 6.07) is -0.194. The monoisotopic (exact) mass is 217 g/mol. The lowest BCUT2D eigenvalue weighted by Crippen LogP contribution is -2.48. The van der Waals surface area contributed by atoms with Crippen LogP contribution in [-0.4, -0.2) is 23.1 Å². The van der Waals surface area contributed by atoms with Crippen LogP contribution in [0.4, 0.5) is 4.79 Å². The summed E-state index contributed by atoms with van der Waals surface area (Å²) in [4.78, 5) is 11.7. The van der Waals surface area contributed by atoms with Gasteiger partial charge in [0.1, 0.15) is 0 Å². The third-order valence-electron chi connectivity index (χ3n) is 1.54. The van der Waals surface area contributed by atoms with Gasteiger partial charge in [-0.1, -0.05) is 19.1 Å². The van der Waals surface area contributed by atoms with Gasteiger partial charge in [0.25, 0.3) is 0 Å². The Kier molecular flexibility index (Phi) is 4.83. The quantitative estimate of drug-likeness (QED) is 0.618. The van der Waals surface area contributed by atoms with E-state index in [1.54, 1.807) is 0 Å². The van der Waals surface area contributed by atoms with Gasteiger partial charge < -0.3 is 16.4 Å². The molecule has 4 N–H and O–H groups in total. The molecule has 2 amide bonds. The summed E-state index contributed by atoms with van der Waals surface area (Å²) in [5, 5.41) is 5.48. The van der Waals surface area contributed by atoms with Gasteiger partial charge in [-0.3, -0.25) is 0 Å². The van der Waals surface area contributed by atoms with Crippen LogP contribution in [0.5, 0.6) is 0 Å². The predicted octanol–water partition coefficient (Wildman–Crippen LogP) is 1.01. The second-order valence-electron chi connectivity index (χ2n) is 4.39. The fourth-order valence-corrected chi connectivity index (χ4v) is 0.815. The number of hydrogen-bond acceptors (Lipinski definition) is 2. The second kappa shape index (κ2) is 5.14. The maximum atomic E-state index is 11.3. The molecule has 0 aromatic heterocycles. The Morgan fingerprint density at radius 1 is 1.50 bits per heavy atom. The number of rotatable bonds is 3. The molecule has 0 aromatic rings. The summed E-state index contributed by atoms with van der Waals surface area (Å²) in [7, 11) is 0. The number of thiocarbonyl (C=S) groups is 1. The van der Waals surface area contributed by atoms with Crippen LogP contribution in [0.2, 0.25) is 0 Å². The summed E-state index contributed by atoms with van der Waals surface area (Å²) >= 11 is 4.79. The molecule has 0 heterocycles. The molecule has 14 heavy (non-hydrogen) atoms. The highest BCUT2D eigenvalue weighted by atomic mass is 32.1. The first-order valence-corrected chi connectivity index (χ1v) is 4.98. The van der Waals surface area contributed by atoms with Gasteiger partial charge in [-0.15, -0.1) is 0 Å². The molecule has 0 aromatic carbocycles. The maximum absolute atomic E-state index is 11.3. The Morgan fingerprint density at radius 2 is 2.00 bits per heavy atom. The van der Waals surface area contributed by atoms with Crippen LogP contribution >= 0.6 is 12.2 Å². The van der Waals surface area contributed by atoms with E-state index in [-0.39, 0.29) is 17.5 Å². The van der Waals surface area contributed by atoms with E-state index in [2.05, 4.69) is 10.6 Å². The number of carbonyl (C=O) groups is 1. The lowest BCUT2D eigenvalue weighted by atomic mass is 10.1. The molecule has 0 saturated heterocycles. The molecule has 1 unspecified atom stereocenters. The van der Waals surface area contributed by atoms with Crippen molar-refractivity contribution in [3.63, 3.8) is 0 Å². The smallest absolute Gasteiger partial charge is 0.315 e. The highest BCUT2D eigenvalue weighted by molar-refractivity contribution is 7.80. The Balaban J connectivity index is 3.81. The van der Waals surface area contributed by atoms with Crippen LogP contribution in [0.1, 0.15) is 27.7 Å². The molecule has 0 bridgehead atoms. The number of hydrogen-bond donors (Lipinski definition) is 3. The molecule has 0 radical (unpaired) electrons. The first-order valence-electron chi connectivity index (χ1n) is 4.57. The molecule has 0 fully saturated rings. The summed E-state index contributed by atoms with van der Waals surface area (Å²) in [5.74, 6) is 0.0238. The summed E-state index contributed by atoms with van der Waals surface area (Å²) in [5.41, 5.74) is 5.18. The van der Waals surface area contributed by atoms with Crippen molar-refractivity contribution in [3.8, 4) is 0 Å². The molecular formula is C9H19N3OS. The van der Waals surface area contributed by atoms with E-state index in [9.17, 15) is 4.79 Å². The maximum Gasteiger partial charge on any atom is 0.315 e. The molecule has 0 aliphatic carbocycles. The molecular weight excluding hydrogens is 198 g/mol. The minimum atomic E-state index is -0.226. The third-order valence-corrected chi connectivity index (χ3v) is 1.95. The van der Waals surface area contributed by atoms with Crippen molar-refractivity contribution in [2.24, 2.45) is 11.7 Å². The standard InChI is InChI=1S/C9H19N3OS/c1-6(7(10)14)5-11-8(13)12-9(2,3)4/h6H,5H2,1-4H3,(H2,10,14)(H2,11,12,13). The zero-order chi connectivity index (χ0) is 11.4. The predicted molar refractivity (Wildman–Crippen MR) is 62.2 cm³/mol. The first kappa shape index (κ1) is 13.2. The minimum Gasteiger partial charge on any atom is -0.393 e. The fourth-order valence-electron chi connectivity index (χ4n) is 0.731. The van der Waals surface area contributed by atoms with Crippen LogP contribution in [0, 0.1) is 5.92 Å². The molecule has 1 atom stereocenters. The van der Waals surface area contributed by atoms with E-state index in [4.69, 9.17) is 18.0 Å². The molecule has 82 valence electrons. The zero-order valence-electron chi connectivity index (χ0n) is 9.18. The topological polar surface area (TPSA) is 67.2 Å². The Morgan fingerprint density at radius 3 is 2.36 bits per heavy atom. The second-order valence-corrected chi connectivity index (χ2v) is 4.86. The van der Waals surface area contributed by atoms with Crippen molar-refractivity contribution in [1.82, 2.24) is 10.6 Å². The molecule has 5 heteroatoms. The van der Waals surface area contributed by atoms with E-state index >= 15 is 0 Å². The molecule has 0 rings (SSSR count). The molecule has 0 spiro atoms. The van der Waals surface area contributed by atoms with Gasteiger partial charge in [-0.25, -0.2) is 4.79 Å². The zero-order valence-corrected chi connectivity index (χ0v) is 9.99. The van der Waals surface area contributed by atoms with Gasteiger partial charge in [-0.2, -0.15) is 0 Å². The number of carbonyl (C=O) groups excluding carboxylic acids is 1. The summed E-state index contributed by atoms with van der Waals surface area (Å²) in [6.45, 7) is 8.10. The summed E-state index contributed by atoms with van der Waals surface area (Å²) in [6.07, 6.45) is 0.